The minimum atomic E-state index is -2.86. The number of benzene rings is 2. The molecule has 0 amide bonds. The van der Waals surface area contributed by atoms with Gasteiger partial charge >= 0.3 is 0 Å². The highest BCUT2D eigenvalue weighted by Crippen LogP contribution is 2.25. The molecule has 2 aliphatic heterocycles. The molecule has 2 aliphatic rings. The van der Waals surface area contributed by atoms with E-state index in [0.717, 1.165) is 66.2 Å². The maximum absolute atomic E-state index is 11.6. The zero-order chi connectivity index (χ0) is 29.6. The molecule has 0 N–H and O–H groups in total. The molecule has 4 aromatic rings. The van der Waals surface area contributed by atoms with E-state index in [1.165, 1.54) is 0 Å². The first kappa shape index (κ1) is 29.3. The Hall–Kier alpha value is -3.75. The van der Waals surface area contributed by atoms with Crippen LogP contribution in [0.1, 0.15) is 60.5 Å². The fourth-order valence-corrected chi connectivity index (χ4v) is 6.62. The molecule has 0 aliphatic carbocycles. The number of rotatable bonds is 8. The van der Waals surface area contributed by atoms with Gasteiger partial charge < -0.3 is 18.6 Å². The van der Waals surface area contributed by atoms with Crippen molar-refractivity contribution >= 4 is 9.84 Å². The van der Waals surface area contributed by atoms with Crippen molar-refractivity contribution in [3.63, 3.8) is 0 Å². The standard InChI is InChI=1S/C33H36N4O5S/c1-25(41-32-4-2-3-19-40-32)33-34-15-16-37(33)24-30-22-31(42-35-30)29-13-11-27(12-14-29)6-5-26-7-9-28(10-8-26)23-36-17-20-43(38,39)21-18-36/h7-16,22,25,32H,2-4,17-21,23-24H2,1H3/t25-,32?/m0/s1. The Morgan fingerprint density at radius 2 is 1.72 bits per heavy atom. The predicted octanol–water partition coefficient (Wildman–Crippen LogP) is 4.82. The van der Waals surface area contributed by atoms with Crippen LogP contribution in [0.2, 0.25) is 0 Å². The molecular weight excluding hydrogens is 564 g/mol. The molecule has 9 nitrogen and oxygen atoms in total. The lowest BCUT2D eigenvalue weighted by Gasteiger charge is -2.26. The van der Waals surface area contributed by atoms with Gasteiger partial charge in [-0.3, -0.25) is 4.90 Å². The van der Waals surface area contributed by atoms with Crippen molar-refractivity contribution in [1.29, 1.82) is 0 Å². The lowest BCUT2D eigenvalue weighted by atomic mass is 10.1. The molecule has 224 valence electrons. The van der Waals surface area contributed by atoms with E-state index in [2.05, 4.69) is 39.0 Å². The minimum Gasteiger partial charge on any atom is -0.356 e. The third-order valence-electron chi connectivity index (χ3n) is 7.81. The van der Waals surface area contributed by atoms with E-state index in [1.807, 2.05) is 60.2 Å². The van der Waals surface area contributed by atoms with Crippen LogP contribution in [-0.2, 0) is 32.4 Å². The van der Waals surface area contributed by atoms with Crippen LogP contribution in [0.3, 0.4) is 0 Å². The van der Waals surface area contributed by atoms with Crippen molar-refractivity contribution in [2.24, 2.45) is 0 Å². The zero-order valence-electron chi connectivity index (χ0n) is 24.3. The third-order valence-corrected chi connectivity index (χ3v) is 9.42. The summed E-state index contributed by atoms with van der Waals surface area (Å²) in [5.74, 6) is 8.46. The van der Waals surface area contributed by atoms with E-state index in [-0.39, 0.29) is 23.9 Å². The summed E-state index contributed by atoms with van der Waals surface area (Å²) in [5, 5.41) is 4.29. The first-order valence-corrected chi connectivity index (χ1v) is 16.6. The van der Waals surface area contributed by atoms with Gasteiger partial charge in [-0.15, -0.1) is 0 Å². The highest BCUT2D eigenvalue weighted by atomic mass is 32.2. The molecule has 6 rings (SSSR count). The van der Waals surface area contributed by atoms with Crippen molar-refractivity contribution in [3.8, 4) is 23.2 Å². The van der Waals surface area contributed by atoms with E-state index in [0.29, 0.717) is 25.4 Å². The van der Waals surface area contributed by atoms with Crippen molar-refractivity contribution < 1.29 is 22.4 Å². The van der Waals surface area contributed by atoms with Gasteiger partial charge in [0.25, 0.3) is 0 Å². The molecule has 2 atom stereocenters. The van der Waals surface area contributed by atoms with Gasteiger partial charge in [-0.05, 0) is 68.1 Å². The summed E-state index contributed by atoms with van der Waals surface area (Å²) in [5.41, 5.74) is 4.71. The fraction of sp³-hybridized carbons (Fsp3) is 0.394. The minimum absolute atomic E-state index is 0.179. The summed E-state index contributed by atoms with van der Waals surface area (Å²) >= 11 is 0. The number of imidazole rings is 1. The fourth-order valence-electron chi connectivity index (χ4n) is 5.34. The number of hydrogen-bond donors (Lipinski definition) is 0. The molecule has 2 aromatic carbocycles. The molecule has 0 radical (unpaired) electrons. The Bertz CT molecular complexity index is 1660. The van der Waals surface area contributed by atoms with Gasteiger partial charge in [0.2, 0.25) is 0 Å². The van der Waals surface area contributed by atoms with Gasteiger partial charge in [0.1, 0.15) is 17.6 Å². The molecule has 4 heterocycles. The van der Waals surface area contributed by atoms with Crippen LogP contribution >= 0.6 is 0 Å². The van der Waals surface area contributed by atoms with Gasteiger partial charge in [-0.25, -0.2) is 13.4 Å². The van der Waals surface area contributed by atoms with E-state index in [9.17, 15) is 8.42 Å². The summed E-state index contributed by atoms with van der Waals surface area (Å²) < 4.78 is 42.8. The number of ether oxygens (including phenoxy) is 2. The summed E-state index contributed by atoms with van der Waals surface area (Å²) in [7, 11) is -2.86. The summed E-state index contributed by atoms with van der Waals surface area (Å²) in [6, 6.07) is 18.0. The Balaban J connectivity index is 1.03. The van der Waals surface area contributed by atoms with Crippen LogP contribution in [0.25, 0.3) is 11.3 Å². The lowest BCUT2D eigenvalue weighted by molar-refractivity contribution is -0.188. The van der Waals surface area contributed by atoms with Crippen LogP contribution in [0.4, 0.5) is 0 Å². The second-order valence-corrected chi connectivity index (χ2v) is 13.4. The quantitative estimate of drug-likeness (QED) is 0.266. The van der Waals surface area contributed by atoms with Gasteiger partial charge in [0.05, 0.1) is 18.1 Å². The molecule has 0 spiro atoms. The molecular formula is C33H36N4O5S. The normalized spacial score (nSPS) is 19.4. The van der Waals surface area contributed by atoms with Crippen molar-refractivity contribution in [2.45, 2.75) is 51.7 Å². The molecule has 0 saturated carbocycles. The average molecular weight is 601 g/mol. The number of hydrogen-bond acceptors (Lipinski definition) is 8. The van der Waals surface area contributed by atoms with Crippen LogP contribution in [0, 0.1) is 11.8 Å². The smallest absolute Gasteiger partial charge is 0.167 e. The predicted molar refractivity (Wildman–Crippen MR) is 163 cm³/mol. The van der Waals surface area contributed by atoms with Gasteiger partial charge in [0.15, 0.2) is 21.9 Å². The van der Waals surface area contributed by atoms with Gasteiger partial charge in [0, 0.05) is 61.4 Å². The highest BCUT2D eigenvalue weighted by Gasteiger charge is 2.22. The Morgan fingerprint density at radius 3 is 2.42 bits per heavy atom. The first-order chi connectivity index (χ1) is 20.9. The van der Waals surface area contributed by atoms with E-state index in [4.69, 9.17) is 14.0 Å². The molecule has 2 saturated heterocycles. The Morgan fingerprint density at radius 1 is 1.00 bits per heavy atom. The Kier molecular flexibility index (Phi) is 9.05. The first-order valence-electron chi connectivity index (χ1n) is 14.8. The van der Waals surface area contributed by atoms with Gasteiger partial charge in [-0.2, -0.15) is 0 Å². The molecule has 2 fully saturated rings. The second-order valence-electron chi connectivity index (χ2n) is 11.1. The zero-order valence-corrected chi connectivity index (χ0v) is 25.1. The molecule has 2 aromatic heterocycles. The maximum atomic E-state index is 11.6. The number of nitrogens with zero attached hydrogens (tertiary/aromatic N) is 4. The summed E-state index contributed by atoms with van der Waals surface area (Å²) in [6.45, 7) is 5.20. The van der Waals surface area contributed by atoms with E-state index >= 15 is 0 Å². The number of sulfone groups is 1. The molecule has 1 unspecified atom stereocenters. The van der Waals surface area contributed by atoms with Crippen LogP contribution in [0.5, 0.6) is 0 Å². The third kappa shape index (κ3) is 7.80. The van der Waals surface area contributed by atoms with Crippen LogP contribution < -0.4 is 0 Å². The summed E-state index contributed by atoms with van der Waals surface area (Å²) in [4.78, 5) is 6.70. The van der Waals surface area contributed by atoms with Gasteiger partial charge in [-0.1, -0.05) is 29.1 Å². The highest BCUT2D eigenvalue weighted by molar-refractivity contribution is 7.91. The second kappa shape index (κ2) is 13.3. The van der Waals surface area contributed by atoms with Crippen LogP contribution in [-0.4, -0.2) is 65.5 Å². The van der Waals surface area contributed by atoms with E-state index in [1.54, 1.807) is 6.20 Å². The van der Waals surface area contributed by atoms with Crippen molar-refractivity contribution in [2.75, 3.05) is 31.2 Å². The topological polar surface area (TPSA) is 99.7 Å². The largest absolute Gasteiger partial charge is 0.356 e. The summed E-state index contributed by atoms with van der Waals surface area (Å²) in [6.07, 6.45) is 6.44. The van der Waals surface area contributed by atoms with Crippen LogP contribution in [0.15, 0.2) is 71.5 Å². The lowest BCUT2D eigenvalue weighted by Crippen LogP contribution is -2.39. The average Bonchev–Trinajstić information content (AvgIpc) is 3.69. The monoisotopic (exact) mass is 600 g/mol. The SMILES string of the molecule is C[C@H](OC1CCCCO1)c1nccn1Cc1cc(-c2ccc(C#Cc3ccc(CN4CCS(=O)(=O)CC4)cc3)cc2)on1. The maximum Gasteiger partial charge on any atom is 0.167 e. The molecule has 43 heavy (non-hydrogen) atoms. The molecule has 0 bridgehead atoms. The molecule has 10 heteroatoms. The number of aromatic nitrogens is 3. The Labute approximate surface area is 252 Å². The van der Waals surface area contributed by atoms with E-state index < -0.39 is 9.84 Å². The van der Waals surface area contributed by atoms with Crippen molar-refractivity contribution in [3.05, 3.63) is 95.2 Å². The van der Waals surface area contributed by atoms with Crippen molar-refractivity contribution in [1.82, 2.24) is 19.6 Å².